The molecule has 0 unspecified atom stereocenters. The first kappa shape index (κ1) is 16.1. The number of hydrogen-bond donors (Lipinski definition) is 1. The number of rotatable bonds is 3. The Bertz CT molecular complexity index is 712. The van der Waals surface area contributed by atoms with Crippen LogP contribution in [-0.2, 0) is 4.79 Å². The molecule has 0 bridgehead atoms. The molecule has 1 saturated heterocycles. The number of aryl methyl sites for hydroxylation is 1. The molecule has 24 heavy (non-hydrogen) atoms. The van der Waals surface area contributed by atoms with E-state index in [4.69, 9.17) is 5.73 Å². The van der Waals surface area contributed by atoms with Crippen molar-refractivity contribution >= 4 is 23.4 Å². The van der Waals surface area contributed by atoms with Crippen molar-refractivity contribution in [3.8, 4) is 0 Å². The molecule has 4 nitrogen and oxygen atoms in total. The van der Waals surface area contributed by atoms with Gasteiger partial charge in [0.25, 0.3) is 0 Å². The molecule has 2 aromatic rings. The number of nitrogens with zero attached hydrogens (tertiary/aromatic N) is 2. The molecular formula is C20H23N3O. The molecule has 0 spiro atoms. The van der Waals surface area contributed by atoms with E-state index >= 15 is 0 Å². The number of hydrogen-bond acceptors (Lipinski definition) is 3. The molecule has 2 N–H and O–H groups in total. The van der Waals surface area contributed by atoms with Crippen molar-refractivity contribution < 1.29 is 4.79 Å². The van der Waals surface area contributed by atoms with E-state index in [0.29, 0.717) is 0 Å². The van der Waals surface area contributed by atoms with Crippen LogP contribution < -0.4 is 10.6 Å². The first-order valence-corrected chi connectivity index (χ1v) is 8.26. The Balaban J connectivity index is 1.55. The number of piperazine rings is 1. The lowest BCUT2D eigenvalue weighted by molar-refractivity contribution is -0.126. The maximum atomic E-state index is 12.3. The van der Waals surface area contributed by atoms with Gasteiger partial charge in [-0.2, -0.15) is 0 Å². The van der Waals surface area contributed by atoms with E-state index in [9.17, 15) is 4.79 Å². The van der Waals surface area contributed by atoms with Gasteiger partial charge < -0.3 is 15.5 Å². The van der Waals surface area contributed by atoms with Crippen molar-refractivity contribution in [3.05, 3.63) is 65.7 Å². The molecule has 0 aliphatic carbocycles. The van der Waals surface area contributed by atoms with Crippen molar-refractivity contribution in [2.24, 2.45) is 0 Å². The third kappa shape index (κ3) is 3.96. The highest BCUT2D eigenvalue weighted by molar-refractivity contribution is 5.92. The van der Waals surface area contributed by atoms with Gasteiger partial charge in [-0.05, 0) is 42.8 Å². The number of anilines is 2. The Kier molecular flexibility index (Phi) is 4.85. The van der Waals surface area contributed by atoms with Crippen LogP contribution in [0, 0.1) is 6.92 Å². The summed E-state index contributed by atoms with van der Waals surface area (Å²) in [6.45, 7) is 5.21. The molecule has 2 aromatic carbocycles. The minimum absolute atomic E-state index is 0.0764. The van der Waals surface area contributed by atoms with Crippen LogP contribution in [0.2, 0.25) is 0 Å². The van der Waals surface area contributed by atoms with Gasteiger partial charge in [-0.15, -0.1) is 0 Å². The summed E-state index contributed by atoms with van der Waals surface area (Å²) in [5, 5.41) is 0. The zero-order chi connectivity index (χ0) is 16.9. The van der Waals surface area contributed by atoms with Gasteiger partial charge in [-0.1, -0.05) is 29.8 Å². The standard InChI is InChI=1S/C20H23N3O/c1-16-2-4-17(5-3-16)6-11-20(24)23-14-12-22(13-15-23)19-9-7-18(21)8-10-19/h2-11H,12-15,21H2,1H3/b11-6+. The Morgan fingerprint density at radius 2 is 1.58 bits per heavy atom. The highest BCUT2D eigenvalue weighted by Gasteiger charge is 2.19. The van der Waals surface area contributed by atoms with Gasteiger partial charge >= 0.3 is 0 Å². The lowest BCUT2D eigenvalue weighted by atomic mass is 10.1. The quantitative estimate of drug-likeness (QED) is 0.698. The molecule has 4 heteroatoms. The summed E-state index contributed by atoms with van der Waals surface area (Å²) < 4.78 is 0. The molecule has 0 radical (unpaired) electrons. The number of carbonyl (C=O) groups excluding carboxylic acids is 1. The Morgan fingerprint density at radius 3 is 2.21 bits per heavy atom. The molecule has 1 amide bonds. The molecule has 3 rings (SSSR count). The summed E-state index contributed by atoms with van der Waals surface area (Å²) in [6, 6.07) is 16.0. The van der Waals surface area contributed by atoms with E-state index in [1.54, 1.807) is 6.08 Å². The fourth-order valence-electron chi connectivity index (χ4n) is 2.82. The summed E-state index contributed by atoms with van der Waals surface area (Å²) in [7, 11) is 0. The lowest BCUT2D eigenvalue weighted by Gasteiger charge is -2.35. The molecule has 0 atom stereocenters. The zero-order valence-corrected chi connectivity index (χ0v) is 14.0. The number of nitrogen functional groups attached to an aromatic ring is 1. The fraction of sp³-hybridized carbons (Fsp3) is 0.250. The summed E-state index contributed by atoms with van der Waals surface area (Å²) >= 11 is 0. The summed E-state index contributed by atoms with van der Waals surface area (Å²) in [4.78, 5) is 16.5. The van der Waals surface area contributed by atoms with Crippen LogP contribution in [-0.4, -0.2) is 37.0 Å². The van der Waals surface area contributed by atoms with Gasteiger partial charge in [0.15, 0.2) is 0 Å². The normalized spacial score (nSPS) is 15.0. The van der Waals surface area contributed by atoms with Gasteiger partial charge in [0, 0.05) is 43.6 Å². The van der Waals surface area contributed by atoms with Crippen molar-refractivity contribution in [2.45, 2.75) is 6.92 Å². The maximum Gasteiger partial charge on any atom is 0.246 e. The fourth-order valence-corrected chi connectivity index (χ4v) is 2.82. The highest BCUT2D eigenvalue weighted by Crippen LogP contribution is 2.18. The zero-order valence-electron chi connectivity index (χ0n) is 14.0. The Morgan fingerprint density at radius 1 is 0.958 bits per heavy atom. The largest absolute Gasteiger partial charge is 0.399 e. The average molecular weight is 321 g/mol. The van der Waals surface area contributed by atoms with Crippen molar-refractivity contribution in [1.82, 2.24) is 4.90 Å². The van der Waals surface area contributed by atoms with E-state index in [1.807, 2.05) is 47.4 Å². The predicted octanol–water partition coefficient (Wildman–Crippen LogP) is 2.94. The molecule has 1 aliphatic heterocycles. The second kappa shape index (κ2) is 7.21. The summed E-state index contributed by atoms with van der Waals surface area (Å²) in [6.07, 6.45) is 3.55. The first-order chi connectivity index (χ1) is 11.6. The van der Waals surface area contributed by atoms with Gasteiger partial charge in [0.2, 0.25) is 5.91 Å². The molecule has 1 heterocycles. The Hall–Kier alpha value is -2.75. The van der Waals surface area contributed by atoms with Gasteiger partial charge in [0.05, 0.1) is 0 Å². The SMILES string of the molecule is Cc1ccc(/C=C/C(=O)N2CCN(c3ccc(N)cc3)CC2)cc1. The topological polar surface area (TPSA) is 49.6 Å². The van der Waals surface area contributed by atoms with Crippen LogP contribution in [0.25, 0.3) is 6.08 Å². The summed E-state index contributed by atoms with van der Waals surface area (Å²) in [5.74, 6) is 0.0764. The van der Waals surface area contributed by atoms with E-state index in [1.165, 1.54) is 5.56 Å². The third-order valence-electron chi connectivity index (χ3n) is 4.35. The molecule has 0 saturated carbocycles. The van der Waals surface area contributed by atoms with Crippen molar-refractivity contribution in [1.29, 1.82) is 0 Å². The molecule has 124 valence electrons. The molecule has 0 aromatic heterocycles. The van der Waals surface area contributed by atoms with E-state index in [0.717, 1.165) is 43.1 Å². The van der Waals surface area contributed by atoms with Gasteiger partial charge in [-0.3, -0.25) is 4.79 Å². The van der Waals surface area contributed by atoms with Crippen LogP contribution in [0.1, 0.15) is 11.1 Å². The Labute approximate surface area is 143 Å². The van der Waals surface area contributed by atoms with Crippen LogP contribution >= 0.6 is 0 Å². The van der Waals surface area contributed by atoms with E-state index < -0.39 is 0 Å². The third-order valence-corrected chi connectivity index (χ3v) is 4.35. The maximum absolute atomic E-state index is 12.3. The highest BCUT2D eigenvalue weighted by atomic mass is 16.2. The number of carbonyl (C=O) groups is 1. The van der Waals surface area contributed by atoms with E-state index in [-0.39, 0.29) is 5.91 Å². The smallest absolute Gasteiger partial charge is 0.246 e. The minimum atomic E-state index is 0.0764. The lowest BCUT2D eigenvalue weighted by Crippen LogP contribution is -2.48. The van der Waals surface area contributed by atoms with E-state index in [2.05, 4.69) is 24.0 Å². The number of nitrogens with two attached hydrogens (primary N) is 1. The second-order valence-electron chi connectivity index (χ2n) is 6.15. The van der Waals surface area contributed by atoms with Crippen LogP contribution in [0.15, 0.2) is 54.6 Å². The van der Waals surface area contributed by atoms with Gasteiger partial charge in [-0.25, -0.2) is 0 Å². The van der Waals surface area contributed by atoms with Crippen LogP contribution in [0.3, 0.4) is 0 Å². The molecular weight excluding hydrogens is 298 g/mol. The minimum Gasteiger partial charge on any atom is -0.399 e. The van der Waals surface area contributed by atoms with Gasteiger partial charge in [0.1, 0.15) is 0 Å². The molecule has 1 aliphatic rings. The van der Waals surface area contributed by atoms with Crippen molar-refractivity contribution in [2.75, 3.05) is 36.8 Å². The van der Waals surface area contributed by atoms with Crippen LogP contribution in [0.5, 0.6) is 0 Å². The number of amides is 1. The predicted molar refractivity (Wildman–Crippen MR) is 99.9 cm³/mol. The first-order valence-electron chi connectivity index (χ1n) is 8.26. The second-order valence-corrected chi connectivity index (χ2v) is 6.15. The number of benzene rings is 2. The molecule has 1 fully saturated rings. The average Bonchev–Trinajstić information content (AvgIpc) is 2.62. The summed E-state index contributed by atoms with van der Waals surface area (Å²) in [5.41, 5.74) is 9.93. The monoisotopic (exact) mass is 321 g/mol. The van der Waals surface area contributed by atoms with Crippen LogP contribution in [0.4, 0.5) is 11.4 Å². The van der Waals surface area contributed by atoms with Crippen molar-refractivity contribution in [3.63, 3.8) is 0 Å².